The van der Waals surface area contributed by atoms with Crippen molar-refractivity contribution < 1.29 is 0 Å². The number of nitrogens with one attached hydrogen (secondary N) is 1. The van der Waals surface area contributed by atoms with Gasteiger partial charge in [-0.3, -0.25) is 4.79 Å². The average molecular weight is 327 g/mol. The first-order chi connectivity index (χ1) is 10.1. The van der Waals surface area contributed by atoms with Crippen molar-refractivity contribution >= 4 is 28.6 Å². The van der Waals surface area contributed by atoms with Crippen molar-refractivity contribution in [1.29, 1.82) is 0 Å². The molecule has 1 N–H and O–H groups in total. The fourth-order valence-corrected chi connectivity index (χ4v) is 2.74. The van der Waals surface area contributed by atoms with Crippen molar-refractivity contribution in [3.8, 4) is 0 Å². The van der Waals surface area contributed by atoms with Gasteiger partial charge < -0.3 is 10.2 Å². The van der Waals surface area contributed by atoms with Gasteiger partial charge in [-0.2, -0.15) is 16.4 Å². The summed E-state index contributed by atoms with van der Waals surface area (Å²) in [5, 5.41) is 11.7. The van der Waals surface area contributed by atoms with E-state index in [2.05, 4.69) is 27.2 Å². The molecule has 0 bridgehead atoms. The molecule has 0 aliphatic carbocycles. The summed E-state index contributed by atoms with van der Waals surface area (Å²) in [5.41, 5.74) is 1.62. The first kappa shape index (κ1) is 16.0. The van der Waals surface area contributed by atoms with E-state index in [1.807, 2.05) is 19.0 Å². The number of anilines is 1. The molecule has 21 heavy (non-hydrogen) atoms. The fourth-order valence-electron chi connectivity index (χ4n) is 1.82. The highest BCUT2D eigenvalue weighted by molar-refractivity contribution is 7.07. The summed E-state index contributed by atoms with van der Waals surface area (Å²) < 4.78 is 1.40. The molecular weight excluding hydrogens is 308 g/mol. The van der Waals surface area contributed by atoms with Crippen LogP contribution in [-0.4, -0.2) is 41.9 Å². The molecule has 2 heterocycles. The van der Waals surface area contributed by atoms with Crippen LogP contribution in [0.4, 0.5) is 5.69 Å². The maximum atomic E-state index is 12.1. The second kappa shape index (κ2) is 7.59. The number of rotatable bonds is 7. The zero-order valence-electron chi connectivity index (χ0n) is 12.2. The number of nitrogens with zero attached hydrogens (tertiary/aromatic N) is 3. The molecule has 0 atom stereocenters. The quantitative estimate of drug-likeness (QED) is 0.847. The Labute approximate surface area is 133 Å². The van der Waals surface area contributed by atoms with Gasteiger partial charge in [0.15, 0.2) is 0 Å². The monoisotopic (exact) mass is 326 g/mol. The maximum absolute atomic E-state index is 12.1. The van der Waals surface area contributed by atoms with Crippen molar-refractivity contribution in [2.75, 3.05) is 32.5 Å². The number of hydrogen-bond acceptors (Lipinski definition) is 5. The van der Waals surface area contributed by atoms with Crippen LogP contribution in [0.2, 0.25) is 5.02 Å². The molecule has 0 saturated heterocycles. The molecule has 2 aromatic heterocycles. The first-order valence-electron chi connectivity index (χ1n) is 6.73. The Hall–Kier alpha value is -1.37. The van der Waals surface area contributed by atoms with Gasteiger partial charge in [0.1, 0.15) is 5.02 Å². The molecule has 0 amide bonds. The van der Waals surface area contributed by atoms with E-state index in [9.17, 15) is 4.79 Å². The average Bonchev–Trinajstić information content (AvgIpc) is 2.95. The highest BCUT2D eigenvalue weighted by Gasteiger charge is 2.09. The van der Waals surface area contributed by atoms with Gasteiger partial charge in [-0.1, -0.05) is 11.6 Å². The van der Waals surface area contributed by atoms with Crippen LogP contribution in [0.15, 0.2) is 27.8 Å². The lowest BCUT2D eigenvalue weighted by atomic mass is 10.2. The Balaban J connectivity index is 1.97. The van der Waals surface area contributed by atoms with E-state index >= 15 is 0 Å². The van der Waals surface area contributed by atoms with Gasteiger partial charge in [0.2, 0.25) is 0 Å². The Morgan fingerprint density at radius 1 is 1.48 bits per heavy atom. The second-order valence-electron chi connectivity index (χ2n) is 5.01. The number of hydrogen-bond donors (Lipinski definition) is 1. The van der Waals surface area contributed by atoms with Crippen LogP contribution in [0.25, 0.3) is 0 Å². The molecule has 0 unspecified atom stereocenters. The molecular formula is C14H19ClN4OS. The molecule has 0 aromatic carbocycles. The molecule has 0 spiro atoms. The number of halogens is 1. The minimum absolute atomic E-state index is 0.203. The summed E-state index contributed by atoms with van der Waals surface area (Å²) in [6.07, 6.45) is 2.51. The van der Waals surface area contributed by atoms with Gasteiger partial charge in [-0.25, -0.2) is 4.68 Å². The van der Waals surface area contributed by atoms with Crippen LogP contribution < -0.4 is 10.9 Å². The summed E-state index contributed by atoms with van der Waals surface area (Å²) in [5.74, 6) is 0. The minimum atomic E-state index is -0.251. The van der Waals surface area contributed by atoms with Crippen molar-refractivity contribution in [2.45, 2.75) is 13.0 Å². The molecule has 2 rings (SSSR count). The molecule has 5 nitrogen and oxygen atoms in total. The van der Waals surface area contributed by atoms with Crippen LogP contribution in [0.5, 0.6) is 0 Å². The van der Waals surface area contributed by atoms with E-state index in [4.69, 9.17) is 11.6 Å². The summed E-state index contributed by atoms with van der Waals surface area (Å²) in [7, 11) is 3.90. The van der Waals surface area contributed by atoms with Crippen molar-refractivity contribution in [1.82, 2.24) is 14.7 Å². The van der Waals surface area contributed by atoms with E-state index in [0.29, 0.717) is 12.2 Å². The summed E-state index contributed by atoms with van der Waals surface area (Å²) in [6, 6.07) is 2.09. The first-order valence-corrected chi connectivity index (χ1v) is 8.05. The largest absolute Gasteiger partial charge is 0.382 e. The third-order valence-corrected chi connectivity index (χ3v) is 4.15. The zero-order valence-corrected chi connectivity index (χ0v) is 13.7. The standard InChI is InChI=1S/C14H19ClN4OS/c1-18(2)6-7-19-14(20)13(15)12(9-17-19)16-5-3-11-4-8-21-10-11/h4,8-10,16H,3,5-7H2,1-2H3. The molecule has 0 fully saturated rings. The van der Waals surface area contributed by atoms with Crippen LogP contribution in [-0.2, 0) is 13.0 Å². The Bertz CT molecular complexity index is 624. The topological polar surface area (TPSA) is 50.2 Å². The lowest BCUT2D eigenvalue weighted by Crippen LogP contribution is -2.29. The predicted octanol–water partition coefficient (Wildman–Crippen LogP) is 2.17. The van der Waals surface area contributed by atoms with Crippen molar-refractivity contribution in [2.24, 2.45) is 0 Å². The van der Waals surface area contributed by atoms with Gasteiger partial charge in [0.05, 0.1) is 18.4 Å². The second-order valence-corrected chi connectivity index (χ2v) is 6.17. The fraction of sp³-hybridized carbons (Fsp3) is 0.429. The third kappa shape index (κ3) is 4.56. The van der Waals surface area contributed by atoms with Crippen LogP contribution in [0.3, 0.4) is 0 Å². The van der Waals surface area contributed by atoms with E-state index in [-0.39, 0.29) is 10.6 Å². The lowest BCUT2D eigenvalue weighted by molar-refractivity contribution is 0.367. The van der Waals surface area contributed by atoms with Crippen LogP contribution in [0, 0.1) is 0 Å². The molecule has 7 heteroatoms. The highest BCUT2D eigenvalue weighted by atomic mass is 35.5. The predicted molar refractivity (Wildman–Crippen MR) is 88.6 cm³/mol. The molecule has 0 aliphatic rings. The third-order valence-electron chi connectivity index (χ3n) is 3.05. The molecule has 114 valence electrons. The van der Waals surface area contributed by atoms with Gasteiger partial charge in [-0.15, -0.1) is 0 Å². The van der Waals surface area contributed by atoms with Crippen molar-refractivity contribution in [3.05, 3.63) is 44.0 Å². The molecule has 0 aliphatic heterocycles. The summed E-state index contributed by atoms with van der Waals surface area (Å²) >= 11 is 7.80. The number of aromatic nitrogens is 2. The smallest absolute Gasteiger partial charge is 0.287 e. The Morgan fingerprint density at radius 3 is 2.95 bits per heavy atom. The van der Waals surface area contributed by atoms with E-state index < -0.39 is 0 Å². The van der Waals surface area contributed by atoms with E-state index in [1.54, 1.807) is 17.5 Å². The maximum Gasteiger partial charge on any atom is 0.287 e. The van der Waals surface area contributed by atoms with Crippen LogP contribution in [0.1, 0.15) is 5.56 Å². The van der Waals surface area contributed by atoms with Crippen LogP contribution >= 0.6 is 22.9 Å². The Kier molecular flexibility index (Phi) is 5.78. The molecule has 0 saturated carbocycles. The normalized spacial score (nSPS) is 11.0. The van der Waals surface area contributed by atoms with Gasteiger partial charge in [-0.05, 0) is 42.9 Å². The highest BCUT2D eigenvalue weighted by Crippen LogP contribution is 2.15. The zero-order chi connectivity index (χ0) is 15.2. The van der Waals surface area contributed by atoms with Gasteiger partial charge in [0.25, 0.3) is 5.56 Å². The van der Waals surface area contributed by atoms with Crippen molar-refractivity contribution in [3.63, 3.8) is 0 Å². The number of thiophene rings is 1. The molecule has 2 aromatic rings. The van der Waals surface area contributed by atoms with E-state index in [1.165, 1.54) is 10.2 Å². The summed E-state index contributed by atoms with van der Waals surface area (Å²) in [6.45, 7) is 1.99. The SMILES string of the molecule is CN(C)CCn1ncc(NCCc2ccsc2)c(Cl)c1=O. The Morgan fingerprint density at radius 2 is 2.29 bits per heavy atom. The number of likely N-dealkylation sites (N-methyl/N-ethyl adjacent to an activating group) is 1. The van der Waals surface area contributed by atoms with E-state index in [0.717, 1.165) is 19.5 Å². The minimum Gasteiger partial charge on any atom is -0.382 e. The van der Waals surface area contributed by atoms with Gasteiger partial charge >= 0.3 is 0 Å². The molecule has 0 radical (unpaired) electrons. The van der Waals surface area contributed by atoms with Gasteiger partial charge in [0, 0.05) is 13.1 Å². The lowest BCUT2D eigenvalue weighted by Gasteiger charge is -2.12. The summed E-state index contributed by atoms with van der Waals surface area (Å²) in [4.78, 5) is 14.1.